The highest BCUT2D eigenvalue weighted by molar-refractivity contribution is 7.22. The van der Waals surface area contributed by atoms with E-state index in [1.807, 2.05) is 22.7 Å². The molecule has 0 aliphatic carbocycles. The third-order valence-corrected chi connectivity index (χ3v) is 11.4. The van der Waals surface area contributed by atoms with Crippen molar-refractivity contribution in [2.75, 3.05) is 0 Å². The summed E-state index contributed by atoms with van der Waals surface area (Å²) in [5.41, 5.74) is 0. The maximum absolute atomic E-state index is 2.44. The summed E-state index contributed by atoms with van der Waals surface area (Å²) < 4.78 is 0. The number of thiophene rings is 2. The summed E-state index contributed by atoms with van der Waals surface area (Å²) in [6.45, 7) is 4.61. The number of hydrogen-bond acceptors (Lipinski definition) is 2. The van der Waals surface area contributed by atoms with Gasteiger partial charge in [-0.2, -0.15) is 0 Å². The molecule has 0 fully saturated rings. The molecule has 134 valence electrons. The first-order valence-electron chi connectivity index (χ1n) is 9.99. The lowest BCUT2D eigenvalue weighted by atomic mass is 10.2. The van der Waals surface area contributed by atoms with Gasteiger partial charge in [-0.3, -0.25) is 0 Å². The van der Waals surface area contributed by atoms with Crippen LogP contribution in [0, 0.1) is 0 Å². The van der Waals surface area contributed by atoms with Gasteiger partial charge in [0.05, 0.1) is 19.0 Å². The Morgan fingerprint density at radius 3 is 1.54 bits per heavy atom. The van der Waals surface area contributed by atoms with Crippen LogP contribution in [0.5, 0.6) is 0 Å². The Morgan fingerprint density at radius 1 is 0.667 bits per heavy atom. The van der Waals surface area contributed by atoms with E-state index in [1.165, 1.54) is 63.5 Å². The summed E-state index contributed by atoms with van der Waals surface area (Å²) in [4.78, 5) is 3.31. The quantitative estimate of drug-likeness (QED) is 0.329. The van der Waals surface area contributed by atoms with E-state index in [9.17, 15) is 0 Å². The summed E-state index contributed by atoms with van der Waals surface area (Å²) in [6.07, 6.45) is 11.3. The summed E-state index contributed by atoms with van der Waals surface area (Å²) in [7, 11) is -0.125. The van der Waals surface area contributed by atoms with E-state index in [1.54, 1.807) is 20.1 Å². The van der Waals surface area contributed by atoms with Crippen molar-refractivity contribution in [1.82, 2.24) is 0 Å². The minimum Gasteiger partial charge on any atom is -0.143 e. The van der Waals surface area contributed by atoms with E-state index in [0.29, 0.717) is 0 Å². The molecular weight excluding hydrogens is 361 g/mol. The highest BCUT2D eigenvalue weighted by Gasteiger charge is 2.12. The summed E-state index contributed by atoms with van der Waals surface area (Å²) in [5, 5.41) is 8.19. The fourth-order valence-corrected chi connectivity index (χ4v) is 10.3. The average Bonchev–Trinajstić information content (AvgIpc) is 3.23. The topological polar surface area (TPSA) is 0 Å². The molecule has 24 heavy (non-hydrogen) atoms. The van der Waals surface area contributed by atoms with Gasteiger partial charge in [-0.1, -0.05) is 89.4 Å². The van der Waals surface area contributed by atoms with Gasteiger partial charge >= 0.3 is 0 Å². The first-order chi connectivity index (χ1) is 11.9. The van der Waals surface area contributed by atoms with Crippen LogP contribution in [0.2, 0.25) is 12.1 Å². The summed E-state index contributed by atoms with van der Waals surface area (Å²) in [5.74, 6) is 0. The molecule has 0 N–H and O–H groups in total. The minimum atomic E-state index is -0.0623. The second-order valence-corrected chi connectivity index (χ2v) is 12.6. The van der Waals surface area contributed by atoms with Crippen molar-refractivity contribution in [3.8, 4) is 9.75 Å². The Kier molecular flexibility index (Phi) is 10.3. The van der Waals surface area contributed by atoms with Crippen LogP contribution >= 0.6 is 22.7 Å². The van der Waals surface area contributed by atoms with Crippen LogP contribution in [-0.2, 0) is 0 Å². The van der Waals surface area contributed by atoms with Crippen LogP contribution in [-0.4, -0.2) is 19.0 Å². The third kappa shape index (κ3) is 6.62. The second kappa shape index (κ2) is 12.2. The zero-order valence-electron chi connectivity index (χ0n) is 15.6. The molecule has 0 saturated carbocycles. The van der Waals surface area contributed by atoms with Crippen LogP contribution in [0.25, 0.3) is 9.75 Å². The maximum atomic E-state index is 2.44. The molecule has 0 saturated heterocycles. The van der Waals surface area contributed by atoms with Gasteiger partial charge in [0.15, 0.2) is 0 Å². The fourth-order valence-electron chi connectivity index (χ4n) is 3.30. The predicted octanol–water partition coefficient (Wildman–Crippen LogP) is 5.06. The zero-order valence-corrected chi connectivity index (χ0v) is 20.1. The van der Waals surface area contributed by atoms with E-state index in [2.05, 4.69) is 36.7 Å². The van der Waals surface area contributed by atoms with Gasteiger partial charge in [-0.05, 0) is 21.1 Å². The van der Waals surface area contributed by atoms with Crippen molar-refractivity contribution < 1.29 is 0 Å². The van der Waals surface area contributed by atoms with E-state index in [0.717, 1.165) is 0 Å². The number of hydrogen-bond donors (Lipinski definition) is 0. The fraction of sp³-hybridized carbons (Fsp3) is 0.600. The molecule has 0 bridgehead atoms. The van der Waals surface area contributed by atoms with Crippen molar-refractivity contribution in [2.45, 2.75) is 77.3 Å². The second-order valence-electron chi connectivity index (χ2n) is 6.88. The Balaban J connectivity index is 1.88. The van der Waals surface area contributed by atoms with Crippen LogP contribution in [0.15, 0.2) is 22.9 Å². The van der Waals surface area contributed by atoms with E-state index in [-0.39, 0.29) is 19.0 Å². The lowest BCUT2D eigenvalue weighted by molar-refractivity contribution is 0.701. The molecular formula is C20H34S2Si2. The molecule has 0 unspecified atom stereocenters. The van der Waals surface area contributed by atoms with Crippen molar-refractivity contribution >= 4 is 52.1 Å². The van der Waals surface area contributed by atoms with Gasteiger partial charge in [-0.15, -0.1) is 22.7 Å². The van der Waals surface area contributed by atoms with Crippen molar-refractivity contribution in [3.63, 3.8) is 0 Å². The van der Waals surface area contributed by atoms with Gasteiger partial charge in [0.2, 0.25) is 0 Å². The molecule has 2 aromatic rings. The molecule has 2 heterocycles. The molecule has 0 aliphatic rings. The first kappa shape index (κ1) is 20.1. The minimum absolute atomic E-state index is 0.0623. The zero-order chi connectivity index (χ0) is 17.0. The van der Waals surface area contributed by atoms with Crippen LogP contribution in [0.4, 0.5) is 0 Å². The molecule has 4 heteroatoms. The predicted molar refractivity (Wildman–Crippen MR) is 122 cm³/mol. The van der Waals surface area contributed by atoms with Crippen LogP contribution < -0.4 is 10.4 Å². The lowest BCUT2D eigenvalue weighted by Gasteiger charge is -2.06. The normalized spacial score (nSPS) is 12.2. The molecule has 0 amide bonds. The molecule has 2 rings (SSSR count). The standard InChI is InChI=1S/C20H34S2Si2/c1-3-5-7-9-15-23-17-11-13-21-19(17)20-18(12-14-22-20)24-16-10-8-6-4-2/h11-14H,3-10,15-16,23-24H2,1-2H3. The molecule has 0 spiro atoms. The molecule has 0 radical (unpaired) electrons. The van der Waals surface area contributed by atoms with Gasteiger partial charge < -0.3 is 0 Å². The molecule has 0 nitrogen and oxygen atoms in total. The van der Waals surface area contributed by atoms with Crippen molar-refractivity contribution in [1.29, 1.82) is 0 Å². The van der Waals surface area contributed by atoms with Crippen molar-refractivity contribution in [3.05, 3.63) is 22.9 Å². The third-order valence-electron chi connectivity index (χ3n) is 4.80. The van der Waals surface area contributed by atoms with Crippen molar-refractivity contribution in [2.24, 2.45) is 0 Å². The molecule has 2 aromatic heterocycles. The lowest BCUT2D eigenvalue weighted by Crippen LogP contribution is -2.18. The van der Waals surface area contributed by atoms with Gasteiger partial charge in [0.1, 0.15) is 0 Å². The van der Waals surface area contributed by atoms with Crippen LogP contribution in [0.3, 0.4) is 0 Å². The largest absolute Gasteiger partial charge is 0.143 e. The maximum Gasteiger partial charge on any atom is 0.0567 e. The van der Waals surface area contributed by atoms with Gasteiger partial charge in [0.25, 0.3) is 0 Å². The SMILES string of the molecule is CCCCCC[SiH2]c1ccsc1-c1sccc1[SiH2]CCCCCC. The Labute approximate surface area is 161 Å². The summed E-state index contributed by atoms with van der Waals surface area (Å²) >= 11 is 4.01. The average molecular weight is 395 g/mol. The monoisotopic (exact) mass is 394 g/mol. The van der Waals surface area contributed by atoms with Gasteiger partial charge in [0, 0.05) is 9.75 Å². The number of rotatable bonds is 13. The first-order valence-corrected chi connectivity index (χ1v) is 15.2. The smallest absolute Gasteiger partial charge is 0.0567 e. The van der Waals surface area contributed by atoms with Crippen LogP contribution in [0.1, 0.15) is 65.2 Å². The van der Waals surface area contributed by atoms with E-state index < -0.39 is 0 Å². The molecule has 0 atom stereocenters. The Hall–Kier alpha value is -0.166. The Morgan fingerprint density at radius 2 is 1.12 bits per heavy atom. The number of unbranched alkanes of at least 4 members (excludes halogenated alkanes) is 6. The molecule has 0 aliphatic heterocycles. The highest BCUT2D eigenvalue weighted by Crippen LogP contribution is 2.26. The van der Waals surface area contributed by atoms with E-state index >= 15 is 0 Å². The molecule has 0 aromatic carbocycles. The highest BCUT2D eigenvalue weighted by atomic mass is 32.1. The van der Waals surface area contributed by atoms with E-state index in [4.69, 9.17) is 0 Å². The van der Waals surface area contributed by atoms with Gasteiger partial charge in [-0.25, -0.2) is 0 Å². The Bertz CT molecular complexity index is 509. The summed E-state index contributed by atoms with van der Waals surface area (Å²) in [6, 6.07) is 7.88.